The molecule has 0 fully saturated rings. The van der Waals surface area contributed by atoms with Gasteiger partial charge < -0.3 is 28.0 Å². The number of hydrogen-bond donors (Lipinski definition) is 1. The number of ether oxygens (including phenoxy) is 4. The summed E-state index contributed by atoms with van der Waals surface area (Å²) in [6, 6.07) is 0. The summed E-state index contributed by atoms with van der Waals surface area (Å²) in [6.45, 7) is 4.52. The molecule has 0 heterocycles. The quantitative estimate of drug-likeness (QED) is 0.124. The summed E-state index contributed by atoms with van der Waals surface area (Å²) in [4.78, 5) is 0. The maximum atomic E-state index is 10.7. The van der Waals surface area contributed by atoms with Gasteiger partial charge in [-0.3, -0.25) is 4.55 Å². The van der Waals surface area contributed by atoms with Crippen molar-refractivity contribution in [3.05, 3.63) is 0 Å². The SMILES string of the molecule is COCCOCCOP=NPOCCOCCOC.O=S(=O)(O)C(F)(F)F.[LiH]. The molecule has 1 unspecified atom stereocenters. The van der Waals surface area contributed by atoms with Gasteiger partial charge in [0.05, 0.1) is 52.9 Å². The topological polar surface area (TPSA) is 122 Å². The van der Waals surface area contributed by atoms with Gasteiger partial charge in [-0.05, 0) is 0 Å². The van der Waals surface area contributed by atoms with Crippen LogP contribution in [0.3, 0.4) is 0 Å². The Hall–Kier alpha value is 0.587. The van der Waals surface area contributed by atoms with Crippen LogP contribution in [0.2, 0.25) is 0 Å². The molecule has 0 spiro atoms. The fourth-order valence-electron chi connectivity index (χ4n) is 0.846. The first-order valence-electron chi connectivity index (χ1n) is 7.22. The van der Waals surface area contributed by atoms with E-state index in [0.29, 0.717) is 61.5 Å². The van der Waals surface area contributed by atoms with Crippen LogP contribution in [-0.4, -0.2) is 104 Å². The number of hydrogen-bond acceptors (Lipinski definition) is 9. The Morgan fingerprint density at radius 1 is 0.929 bits per heavy atom. The summed E-state index contributed by atoms with van der Waals surface area (Å²) >= 11 is 0. The van der Waals surface area contributed by atoms with Gasteiger partial charge in [-0.15, -0.1) is 0 Å². The van der Waals surface area contributed by atoms with E-state index in [1.807, 2.05) is 0 Å². The van der Waals surface area contributed by atoms with Crippen molar-refractivity contribution in [2.75, 3.05) is 67.1 Å². The van der Waals surface area contributed by atoms with Gasteiger partial charge in [0.2, 0.25) is 0 Å². The van der Waals surface area contributed by atoms with Crippen molar-refractivity contribution < 1.29 is 54.1 Å². The Morgan fingerprint density at radius 2 is 1.36 bits per heavy atom. The molecule has 0 aliphatic carbocycles. The molecule has 0 aromatic heterocycles. The third kappa shape index (κ3) is 26.6. The van der Waals surface area contributed by atoms with E-state index in [0.717, 1.165) is 0 Å². The van der Waals surface area contributed by atoms with Crippen LogP contribution in [-0.2, 0) is 38.1 Å². The van der Waals surface area contributed by atoms with E-state index in [1.54, 1.807) is 14.2 Å². The molecule has 10 nitrogen and oxygen atoms in total. The first-order valence-corrected chi connectivity index (χ1v) is 10.3. The summed E-state index contributed by atoms with van der Waals surface area (Å²) < 4.78 is 92.1. The van der Waals surface area contributed by atoms with Crippen molar-refractivity contribution in [3.8, 4) is 0 Å². The van der Waals surface area contributed by atoms with Crippen molar-refractivity contribution in [1.29, 1.82) is 0 Å². The second-order valence-corrected chi connectivity index (χ2v) is 7.19. The predicted molar refractivity (Wildman–Crippen MR) is 99.7 cm³/mol. The first-order chi connectivity index (χ1) is 12.7. The number of methoxy groups -OCH3 is 2. The molecule has 0 radical (unpaired) electrons. The Kier molecular flexibility index (Phi) is 26.4. The zero-order chi connectivity index (χ0) is 21.0. The summed E-state index contributed by atoms with van der Waals surface area (Å²) in [5.74, 6) is 0. The van der Waals surface area contributed by atoms with E-state index in [2.05, 4.69) is 4.52 Å². The summed E-state index contributed by atoms with van der Waals surface area (Å²) in [7, 11) is -1.92. The van der Waals surface area contributed by atoms with E-state index in [4.69, 9.17) is 41.0 Å². The fourth-order valence-corrected chi connectivity index (χ4v) is 1.77. The van der Waals surface area contributed by atoms with Crippen molar-refractivity contribution in [2.24, 2.45) is 4.52 Å². The summed E-state index contributed by atoms with van der Waals surface area (Å²) in [5.41, 5.74) is -5.53. The minimum absolute atomic E-state index is 0. The molecule has 0 saturated heterocycles. The average Bonchev–Trinajstić information content (AvgIpc) is 2.57. The van der Waals surface area contributed by atoms with E-state index in [9.17, 15) is 13.2 Å². The second kappa shape index (κ2) is 22.3. The van der Waals surface area contributed by atoms with Gasteiger partial charge in [0.1, 0.15) is 8.96 Å². The van der Waals surface area contributed by atoms with E-state index < -0.39 is 15.6 Å². The molecule has 17 heteroatoms. The summed E-state index contributed by atoms with van der Waals surface area (Å²) in [6.07, 6.45) is 0. The van der Waals surface area contributed by atoms with Crippen molar-refractivity contribution >= 4 is 46.5 Å². The molecule has 1 atom stereocenters. The van der Waals surface area contributed by atoms with Crippen LogP contribution in [0.15, 0.2) is 4.52 Å². The molecular formula is C11H25F3LiNO9P2S. The molecule has 0 amide bonds. The number of rotatable bonds is 15. The molecule has 0 aliphatic heterocycles. The molecule has 0 bridgehead atoms. The Morgan fingerprint density at radius 3 is 1.79 bits per heavy atom. The molecule has 0 aromatic carbocycles. The van der Waals surface area contributed by atoms with Crippen LogP contribution in [0.5, 0.6) is 0 Å². The van der Waals surface area contributed by atoms with Crippen LogP contribution in [0.4, 0.5) is 13.2 Å². The molecule has 0 rings (SSSR count). The number of nitrogens with zero attached hydrogens (tertiary/aromatic N) is 1. The minimum atomic E-state index is -5.84. The van der Waals surface area contributed by atoms with Gasteiger partial charge in [-0.1, -0.05) is 0 Å². The molecular weight excluding hydrogens is 448 g/mol. The van der Waals surface area contributed by atoms with Gasteiger partial charge in [0, 0.05) is 14.2 Å². The Bertz CT molecular complexity index is 461. The van der Waals surface area contributed by atoms with Crippen LogP contribution in [0.25, 0.3) is 0 Å². The predicted octanol–water partition coefficient (Wildman–Crippen LogP) is 1.64. The van der Waals surface area contributed by atoms with Crippen molar-refractivity contribution in [3.63, 3.8) is 0 Å². The molecule has 0 aliphatic rings. The van der Waals surface area contributed by atoms with Crippen molar-refractivity contribution in [2.45, 2.75) is 5.51 Å². The van der Waals surface area contributed by atoms with E-state index in [1.165, 1.54) is 0 Å². The fraction of sp³-hybridized carbons (Fsp3) is 1.00. The summed E-state index contributed by atoms with van der Waals surface area (Å²) in [5, 5.41) is 0. The van der Waals surface area contributed by atoms with Crippen LogP contribution in [0, 0.1) is 0 Å². The first kappa shape index (κ1) is 33.2. The van der Waals surface area contributed by atoms with Crippen LogP contribution < -0.4 is 0 Å². The molecule has 1 N–H and O–H groups in total. The average molecular weight is 473 g/mol. The molecule has 0 saturated carbocycles. The third-order valence-corrected chi connectivity index (χ3v) is 3.88. The van der Waals surface area contributed by atoms with Gasteiger partial charge in [-0.2, -0.15) is 26.1 Å². The van der Waals surface area contributed by atoms with Gasteiger partial charge in [0.15, 0.2) is 8.60 Å². The van der Waals surface area contributed by atoms with E-state index >= 15 is 0 Å². The maximum absolute atomic E-state index is 10.7. The van der Waals surface area contributed by atoms with Gasteiger partial charge in [-0.25, -0.2) is 0 Å². The molecule has 28 heavy (non-hydrogen) atoms. The normalized spacial score (nSPS) is 12.2. The van der Waals surface area contributed by atoms with Crippen LogP contribution >= 0.6 is 17.6 Å². The number of alkyl halides is 3. The monoisotopic (exact) mass is 473 g/mol. The van der Waals surface area contributed by atoms with Crippen molar-refractivity contribution in [1.82, 2.24) is 0 Å². The third-order valence-electron chi connectivity index (χ3n) is 2.01. The zero-order valence-electron chi connectivity index (χ0n) is 14.8. The molecule has 166 valence electrons. The van der Waals surface area contributed by atoms with Gasteiger partial charge in [0.25, 0.3) is 0 Å². The zero-order valence-corrected chi connectivity index (χ0v) is 17.5. The van der Waals surface area contributed by atoms with Gasteiger partial charge >= 0.3 is 34.5 Å². The standard InChI is InChI=1S/C10H23NO6P2.CHF3O3S.Li.H/c1-12-3-5-14-7-9-16-18-11-19-17-10-8-15-6-4-13-2;2-1(3,4)8(5,6)7;;/h18H,3-10H2,1-2H3;(H,5,6,7);;. The Labute approximate surface area is 177 Å². The second-order valence-electron chi connectivity index (χ2n) is 4.09. The van der Waals surface area contributed by atoms with E-state index in [-0.39, 0.29) is 27.8 Å². The molecule has 0 aromatic rings. The Balaban J connectivity index is -0.000000587. The number of halogens is 3. The van der Waals surface area contributed by atoms with Crippen LogP contribution in [0.1, 0.15) is 0 Å².